The Morgan fingerprint density at radius 1 is 1.19 bits per heavy atom. The van der Waals surface area contributed by atoms with Gasteiger partial charge in [0.1, 0.15) is 5.60 Å². The average molecular weight is 362 g/mol. The number of hydrogen-bond acceptors (Lipinski definition) is 4. The van der Waals surface area contributed by atoms with Crippen molar-refractivity contribution in [2.75, 3.05) is 19.6 Å². The molecule has 1 aromatic carbocycles. The lowest BCUT2D eigenvalue weighted by Crippen LogP contribution is -2.55. The molecule has 6 heteroatoms. The standard InChI is InChI=1S/C20H30N2O4/c1-5-6-17-14-21(11-12-22(17)19(25)26-20(2,3)4)13-15-7-9-16(10-8-15)18(23)24/h7-10,17H,5-6,11-14H2,1-4H3,(H,23,24)/t17-/m1/s1. The molecule has 6 nitrogen and oxygen atoms in total. The van der Waals surface area contributed by atoms with Crippen LogP contribution >= 0.6 is 0 Å². The summed E-state index contributed by atoms with van der Waals surface area (Å²) in [5.41, 5.74) is 0.889. The summed E-state index contributed by atoms with van der Waals surface area (Å²) >= 11 is 0. The highest BCUT2D eigenvalue weighted by atomic mass is 16.6. The van der Waals surface area contributed by atoms with Gasteiger partial charge in [0.2, 0.25) is 0 Å². The second kappa shape index (κ2) is 8.54. The molecule has 0 spiro atoms. The Hall–Kier alpha value is -2.08. The predicted molar refractivity (Wildman–Crippen MR) is 100 cm³/mol. The van der Waals surface area contributed by atoms with E-state index in [2.05, 4.69) is 11.8 Å². The third-order valence-corrected chi connectivity index (χ3v) is 4.42. The Bertz CT molecular complexity index is 622. The maximum absolute atomic E-state index is 12.5. The molecule has 0 aliphatic carbocycles. The number of nitrogens with zero attached hydrogens (tertiary/aromatic N) is 2. The Morgan fingerprint density at radius 3 is 2.38 bits per heavy atom. The zero-order valence-corrected chi connectivity index (χ0v) is 16.2. The van der Waals surface area contributed by atoms with E-state index in [0.717, 1.165) is 38.0 Å². The molecular formula is C20H30N2O4. The van der Waals surface area contributed by atoms with Crippen molar-refractivity contribution in [2.45, 2.75) is 58.7 Å². The topological polar surface area (TPSA) is 70.1 Å². The molecule has 1 aliphatic rings. The molecule has 26 heavy (non-hydrogen) atoms. The Morgan fingerprint density at radius 2 is 1.85 bits per heavy atom. The summed E-state index contributed by atoms with van der Waals surface area (Å²) in [6.07, 6.45) is 1.71. The zero-order valence-electron chi connectivity index (χ0n) is 16.2. The largest absolute Gasteiger partial charge is 0.478 e. The van der Waals surface area contributed by atoms with E-state index in [9.17, 15) is 9.59 Å². The normalized spacial score (nSPS) is 18.6. The van der Waals surface area contributed by atoms with Crippen LogP contribution in [0.1, 0.15) is 56.5 Å². The lowest BCUT2D eigenvalue weighted by molar-refractivity contribution is -0.00387. The van der Waals surface area contributed by atoms with E-state index in [1.807, 2.05) is 37.8 Å². The van der Waals surface area contributed by atoms with Crippen molar-refractivity contribution in [2.24, 2.45) is 0 Å². The maximum Gasteiger partial charge on any atom is 0.410 e. The number of ether oxygens (including phenoxy) is 1. The first-order chi connectivity index (χ1) is 12.2. The van der Waals surface area contributed by atoms with Crippen LogP contribution in [0.15, 0.2) is 24.3 Å². The fourth-order valence-corrected chi connectivity index (χ4v) is 3.22. The number of carboxylic acid groups (broad SMARTS) is 1. The van der Waals surface area contributed by atoms with Gasteiger partial charge in [-0.15, -0.1) is 0 Å². The lowest BCUT2D eigenvalue weighted by Gasteiger charge is -2.41. The van der Waals surface area contributed by atoms with Crippen molar-refractivity contribution in [3.8, 4) is 0 Å². The monoisotopic (exact) mass is 362 g/mol. The van der Waals surface area contributed by atoms with Crippen molar-refractivity contribution in [1.29, 1.82) is 0 Å². The van der Waals surface area contributed by atoms with E-state index >= 15 is 0 Å². The number of carbonyl (C=O) groups is 2. The molecule has 1 saturated heterocycles. The Balaban J connectivity index is 1.99. The van der Waals surface area contributed by atoms with Crippen molar-refractivity contribution in [3.63, 3.8) is 0 Å². The molecule has 144 valence electrons. The van der Waals surface area contributed by atoms with Gasteiger partial charge in [0.25, 0.3) is 0 Å². The quantitative estimate of drug-likeness (QED) is 0.866. The summed E-state index contributed by atoms with van der Waals surface area (Å²) in [6, 6.07) is 7.13. The van der Waals surface area contributed by atoms with Gasteiger partial charge in [-0.3, -0.25) is 4.90 Å². The fourth-order valence-electron chi connectivity index (χ4n) is 3.22. The van der Waals surface area contributed by atoms with Crippen LogP contribution in [-0.4, -0.2) is 58.2 Å². The molecular weight excluding hydrogens is 332 g/mol. The predicted octanol–water partition coefficient (Wildman–Crippen LogP) is 3.61. The SMILES string of the molecule is CCC[C@@H]1CN(Cc2ccc(C(=O)O)cc2)CCN1C(=O)OC(C)(C)C. The van der Waals surface area contributed by atoms with Crippen molar-refractivity contribution in [3.05, 3.63) is 35.4 Å². The van der Waals surface area contributed by atoms with Gasteiger partial charge in [-0.25, -0.2) is 9.59 Å². The third kappa shape index (κ3) is 5.73. The zero-order chi connectivity index (χ0) is 19.3. The molecule has 0 radical (unpaired) electrons. The highest BCUT2D eigenvalue weighted by molar-refractivity contribution is 5.87. The summed E-state index contributed by atoms with van der Waals surface area (Å²) in [5.74, 6) is -0.912. The molecule has 0 bridgehead atoms. The molecule has 1 fully saturated rings. The number of piperazine rings is 1. The summed E-state index contributed by atoms with van der Waals surface area (Å²) in [6.45, 7) is 10.8. The lowest BCUT2D eigenvalue weighted by atomic mass is 10.1. The smallest absolute Gasteiger partial charge is 0.410 e. The maximum atomic E-state index is 12.5. The molecule has 2 rings (SSSR count). The number of carbonyl (C=O) groups excluding carboxylic acids is 1. The fraction of sp³-hybridized carbons (Fsp3) is 0.600. The van der Waals surface area contributed by atoms with Gasteiger partial charge < -0.3 is 14.7 Å². The number of benzene rings is 1. The first-order valence-corrected chi connectivity index (χ1v) is 9.24. The number of carboxylic acids is 1. The number of amides is 1. The van der Waals surface area contributed by atoms with Crippen LogP contribution in [-0.2, 0) is 11.3 Å². The number of hydrogen-bond donors (Lipinski definition) is 1. The average Bonchev–Trinajstić information content (AvgIpc) is 2.54. The van der Waals surface area contributed by atoms with Gasteiger partial charge >= 0.3 is 12.1 Å². The molecule has 1 amide bonds. The molecule has 0 unspecified atom stereocenters. The molecule has 1 N–H and O–H groups in total. The van der Waals surface area contributed by atoms with Crippen molar-refractivity contribution in [1.82, 2.24) is 9.80 Å². The second-order valence-corrected chi connectivity index (χ2v) is 7.85. The van der Waals surface area contributed by atoms with E-state index < -0.39 is 11.6 Å². The van der Waals surface area contributed by atoms with Gasteiger partial charge in [-0.1, -0.05) is 25.5 Å². The highest BCUT2D eigenvalue weighted by Crippen LogP contribution is 2.20. The number of rotatable bonds is 5. The van der Waals surface area contributed by atoms with Crippen LogP contribution in [0.3, 0.4) is 0 Å². The molecule has 0 saturated carbocycles. The van der Waals surface area contributed by atoms with Crippen LogP contribution in [0.5, 0.6) is 0 Å². The van der Waals surface area contributed by atoms with Gasteiger partial charge in [0.05, 0.1) is 5.56 Å². The second-order valence-electron chi connectivity index (χ2n) is 7.85. The van der Waals surface area contributed by atoms with Crippen molar-refractivity contribution < 1.29 is 19.4 Å². The van der Waals surface area contributed by atoms with Gasteiger partial charge in [0, 0.05) is 32.2 Å². The van der Waals surface area contributed by atoms with Crippen LogP contribution in [0.25, 0.3) is 0 Å². The first-order valence-electron chi connectivity index (χ1n) is 9.24. The Labute approximate surface area is 155 Å². The van der Waals surface area contributed by atoms with E-state index in [1.165, 1.54) is 0 Å². The summed E-state index contributed by atoms with van der Waals surface area (Å²) in [7, 11) is 0. The van der Waals surface area contributed by atoms with E-state index in [4.69, 9.17) is 9.84 Å². The number of aromatic carboxylic acids is 1. The van der Waals surface area contributed by atoms with Crippen LogP contribution in [0, 0.1) is 0 Å². The van der Waals surface area contributed by atoms with E-state index in [-0.39, 0.29) is 12.1 Å². The van der Waals surface area contributed by atoms with Crippen molar-refractivity contribution >= 4 is 12.1 Å². The van der Waals surface area contributed by atoms with E-state index in [1.54, 1.807) is 12.1 Å². The Kier molecular flexibility index (Phi) is 6.64. The minimum absolute atomic E-state index is 0.141. The summed E-state index contributed by atoms with van der Waals surface area (Å²) < 4.78 is 5.56. The summed E-state index contributed by atoms with van der Waals surface area (Å²) in [5, 5.41) is 8.99. The minimum atomic E-state index is -0.912. The molecule has 1 aromatic rings. The first kappa shape index (κ1) is 20.2. The van der Waals surface area contributed by atoms with Crippen LogP contribution in [0.4, 0.5) is 4.79 Å². The highest BCUT2D eigenvalue weighted by Gasteiger charge is 2.32. The summed E-state index contributed by atoms with van der Waals surface area (Å²) in [4.78, 5) is 27.6. The van der Waals surface area contributed by atoms with Gasteiger partial charge in [-0.2, -0.15) is 0 Å². The molecule has 1 heterocycles. The van der Waals surface area contributed by atoms with Gasteiger partial charge in [-0.05, 0) is 44.9 Å². The van der Waals surface area contributed by atoms with Crippen LogP contribution in [0.2, 0.25) is 0 Å². The minimum Gasteiger partial charge on any atom is -0.478 e. The molecule has 1 aliphatic heterocycles. The third-order valence-electron chi connectivity index (χ3n) is 4.42. The molecule has 1 atom stereocenters. The van der Waals surface area contributed by atoms with Gasteiger partial charge in [0.15, 0.2) is 0 Å². The van der Waals surface area contributed by atoms with Crippen LogP contribution < -0.4 is 0 Å². The molecule has 0 aromatic heterocycles. The van der Waals surface area contributed by atoms with E-state index in [0.29, 0.717) is 12.1 Å².